The number of hydrogen-bond donors (Lipinski definition) is 1. The van der Waals surface area contributed by atoms with Crippen LogP contribution in [-0.4, -0.2) is 62.2 Å². The van der Waals surface area contributed by atoms with E-state index in [1.165, 1.54) is 84.2 Å². The molecule has 1 aliphatic heterocycles. The lowest BCUT2D eigenvalue weighted by Crippen LogP contribution is -2.47. The molecule has 0 bridgehead atoms. The maximum absolute atomic E-state index is 3.82. The Morgan fingerprint density at radius 3 is 2.20 bits per heavy atom. The molecule has 1 heterocycles. The number of nitrogens with one attached hydrogen (secondary N) is 1. The summed E-state index contributed by atoms with van der Waals surface area (Å²) in [4.78, 5) is 5.04. The van der Waals surface area contributed by atoms with E-state index in [9.17, 15) is 0 Å². The van der Waals surface area contributed by atoms with Gasteiger partial charge in [0.05, 0.1) is 0 Å². The van der Waals surface area contributed by atoms with Crippen LogP contribution < -0.4 is 5.32 Å². The second-order valence-electron chi connectivity index (χ2n) is 6.43. The maximum atomic E-state index is 3.82. The van der Waals surface area contributed by atoms with E-state index in [0.29, 0.717) is 0 Å². The molecule has 1 unspecified atom stereocenters. The van der Waals surface area contributed by atoms with Crippen LogP contribution in [-0.2, 0) is 0 Å². The number of nitrogens with zero attached hydrogens (tertiary/aromatic N) is 2. The first kappa shape index (κ1) is 17.9. The van der Waals surface area contributed by atoms with Crippen molar-refractivity contribution in [2.45, 2.75) is 64.8 Å². The summed E-state index contributed by atoms with van der Waals surface area (Å²) in [5, 5.41) is 3.82. The van der Waals surface area contributed by atoms with Crippen LogP contribution in [0.4, 0.5) is 0 Å². The van der Waals surface area contributed by atoms with Crippen molar-refractivity contribution in [3.63, 3.8) is 0 Å². The molecule has 0 aromatic rings. The van der Waals surface area contributed by atoms with Gasteiger partial charge < -0.3 is 10.2 Å². The van der Waals surface area contributed by atoms with E-state index in [1.807, 2.05) is 0 Å². The fourth-order valence-electron chi connectivity index (χ4n) is 2.94. The predicted octanol–water partition coefficient (Wildman–Crippen LogP) is 2.96. The molecule has 1 fully saturated rings. The molecule has 0 saturated carbocycles. The lowest BCUT2D eigenvalue weighted by Gasteiger charge is -2.32. The van der Waals surface area contributed by atoms with E-state index in [4.69, 9.17) is 0 Å². The molecule has 1 atom stereocenters. The first-order valence-corrected chi connectivity index (χ1v) is 8.90. The van der Waals surface area contributed by atoms with Crippen molar-refractivity contribution in [2.75, 3.05) is 46.3 Å². The van der Waals surface area contributed by atoms with Gasteiger partial charge in [0.1, 0.15) is 0 Å². The molecule has 3 heteroatoms. The molecule has 20 heavy (non-hydrogen) atoms. The molecule has 120 valence electrons. The molecule has 0 aliphatic carbocycles. The molecule has 3 nitrogen and oxygen atoms in total. The lowest BCUT2D eigenvalue weighted by atomic mass is 10.0. The highest BCUT2D eigenvalue weighted by Crippen LogP contribution is 2.10. The van der Waals surface area contributed by atoms with Crippen molar-refractivity contribution in [2.24, 2.45) is 0 Å². The summed E-state index contributed by atoms with van der Waals surface area (Å²) in [6, 6.07) is 0.758. The molecule has 1 N–H and O–H groups in total. The normalized spacial score (nSPS) is 19.4. The quantitative estimate of drug-likeness (QED) is 0.588. The molecular weight excluding hydrogens is 246 g/mol. The van der Waals surface area contributed by atoms with Crippen LogP contribution in [0.15, 0.2) is 0 Å². The third-order valence-electron chi connectivity index (χ3n) is 4.52. The van der Waals surface area contributed by atoms with Crippen LogP contribution in [0.5, 0.6) is 0 Å². The Morgan fingerprint density at radius 1 is 0.900 bits per heavy atom. The summed E-state index contributed by atoms with van der Waals surface area (Å²) < 4.78 is 0. The zero-order valence-electron chi connectivity index (χ0n) is 14.2. The zero-order valence-corrected chi connectivity index (χ0v) is 14.2. The van der Waals surface area contributed by atoms with Gasteiger partial charge in [0.2, 0.25) is 0 Å². The van der Waals surface area contributed by atoms with Gasteiger partial charge >= 0.3 is 0 Å². The van der Waals surface area contributed by atoms with Crippen LogP contribution in [0.3, 0.4) is 0 Å². The fourth-order valence-corrected chi connectivity index (χ4v) is 2.94. The average molecular weight is 284 g/mol. The van der Waals surface area contributed by atoms with Gasteiger partial charge in [0, 0.05) is 45.3 Å². The lowest BCUT2D eigenvalue weighted by molar-refractivity contribution is 0.153. The Balaban J connectivity index is 2.12. The van der Waals surface area contributed by atoms with Gasteiger partial charge in [-0.25, -0.2) is 0 Å². The average Bonchev–Trinajstić information content (AvgIpc) is 2.46. The van der Waals surface area contributed by atoms with Gasteiger partial charge in [-0.15, -0.1) is 0 Å². The molecule has 0 spiro atoms. The third kappa shape index (κ3) is 8.23. The number of rotatable bonds is 11. The second kappa shape index (κ2) is 11.5. The van der Waals surface area contributed by atoms with Crippen molar-refractivity contribution in [3.8, 4) is 0 Å². The van der Waals surface area contributed by atoms with Crippen LogP contribution >= 0.6 is 0 Å². The molecule has 0 aromatic heterocycles. The highest BCUT2D eigenvalue weighted by molar-refractivity contribution is 4.72. The Bertz CT molecular complexity index is 212. The van der Waals surface area contributed by atoms with Crippen molar-refractivity contribution >= 4 is 0 Å². The highest BCUT2D eigenvalue weighted by Gasteiger charge is 2.14. The van der Waals surface area contributed by atoms with Gasteiger partial charge in [-0.1, -0.05) is 46.0 Å². The summed E-state index contributed by atoms with van der Waals surface area (Å²) >= 11 is 0. The second-order valence-corrected chi connectivity index (χ2v) is 6.43. The fraction of sp³-hybridized carbons (Fsp3) is 1.00. The summed E-state index contributed by atoms with van der Waals surface area (Å²) in [5.74, 6) is 0. The third-order valence-corrected chi connectivity index (χ3v) is 4.52. The monoisotopic (exact) mass is 283 g/mol. The first-order chi connectivity index (χ1) is 9.76. The van der Waals surface area contributed by atoms with Gasteiger partial charge in [-0.05, 0) is 19.9 Å². The van der Waals surface area contributed by atoms with E-state index < -0.39 is 0 Å². The maximum Gasteiger partial charge on any atom is 0.0110 e. The van der Waals surface area contributed by atoms with Crippen LogP contribution in [0.1, 0.15) is 58.8 Å². The van der Waals surface area contributed by atoms with Crippen molar-refractivity contribution in [1.82, 2.24) is 15.1 Å². The largest absolute Gasteiger partial charge is 0.313 e. The topological polar surface area (TPSA) is 18.5 Å². The predicted molar refractivity (Wildman–Crippen MR) is 89.4 cm³/mol. The number of unbranched alkanes of at least 4 members (excludes halogenated alkanes) is 3. The molecular formula is C17H37N3. The number of likely N-dealkylation sites (N-methyl/N-ethyl adjacent to an activating group) is 1. The summed E-state index contributed by atoms with van der Waals surface area (Å²) in [7, 11) is 2.23. The highest BCUT2D eigenvalue weighted by atomic mass is 15.2. The van der Waals surface area contributed by atoms with Gasteiger partial charge in [0.25, 0.3) is 0 Å². The molecule has 1 aliphatic rings. The minimum atomic E-state index is 0.758. The first-order valence-electron chi connectivity index (χ1n) is 8.90. The van der Waals surface area contributed by atoms with E-state index >= 15 is 0 Å². The molecule has 0 aromatic carbocycles. The zero-order chi connectivity index (χ0) is 14.6. The molecule has 1 saturated heterocycles. The molecule has 0 amide bonds. The minimum Gasteiger partial charge on any atom is -0.313 e. The van der Waals surface area contributed by atoms with Crippen molar-refractivity contribution in [3.05, 3.63) is 0 Å². The number of piperazine rings is 1. The van der Waals surface area contributed by atoms with Gasteiger partial charge in [0.15, 0.2) is 0 Å². The van der Waals surface area contributed by atoms with E-state index in [0.717, 1.165) is 6.04 Å². The standard InChI is InChI=1S/C17H37N3/c1-4-6-8-10-17(9-7-5-2)18-11-12-20-15-13-19(3)14-16-20/h17-18H,4-16H2,1-3H3. The number of hydrogen-bond acceptors (Lipinski definition) is 3. The Hall–Kier alpha value is -0.120. The van der Waals surface area contributed by atoms with Gasteiger partial charge in [-0.2, -0.15) is 0 Å². The smallest absolute Gasteiger partial charge is 0.0110 e. The SMILES string of the molecule is CCCCCC(CCCC)NCCN1CCN(C)CC1. The van der Waals surface area contributed by atoms with Crippen molar-refractivity contribution in [1.29, 1.82) is 0 Å². The summed E-state index contributed by atoms with van der Waals surface area (Å²) in [6.45, 7) is 11.9. The van der Waals surface area contributed by atoms with Crippen LogP contribution in [0.25, 0.3) is 0 Å². The Kier molecular flexibility index (Phi) is 10.3. The Morgan fingerprint density at radius 2 is 1.55 bits per heavy atom. The molecule has 1 rings (SSSR count). The van der Waals surface area contributed by atoms with Crippen LogP contribution in [0, 0.1) is 0 Å². The Labute approximate surface area is 127 Å². The minimum absolute atomic E-state index is 0.758. The summed E-state index contributed by atoms with van der Waals surface area (Å²) in [5.41, 5.74) is 0. The summed E-state index contributed by atoms with van der Waals surface area (Å²) in [6.07, 6.45) is 9.55. The van der Waals surface area contributed by atoms with Crippen molar-refractivity contribution < 1.29 is 0 Å². The van der Waals surface area contributed by atoms with Crippen LogP contribution in [0.2, 0.25) is 0 Å². The molecule has 0 radical (unpaired) electrons. The van der Waals surface area contributed by atoms with E-state index in [-0.39, 0.29) is 0 Å². The van der Waals surface area contributed by atoms with E-state index in [2.05, 4.69) is 36.0 Å². The van der Waals surface area contributed by atoms with Gasteiger partial charge in [-0.3, -0.25) is 4.90 Å². The van der Waals surface area contributed by atoms with E-state index in [1.54, 1.807) is 0 Å².